The Labute approximate surface area is 97.5 Å². The lowest BCUT2D eigenvalue weighted by Gasteiger charge is -2.33. The first kappa shape index (κ1) is 11.6. The Bertz CT molecular complexity index is 443. The number of furan rings is 1. The molecule has 1 N–H and O–H groups in total. The normalized spacial score (nSPS) is 20.3. The molecule has 1 aliphatic rings. The summed E-state index contributed by atoms with van der Waals surface area (Å²) in [5.41, 5.74) is 0. The van der Waals surface area contributed by atoms with Gasteiger partial charge in [-0.2, -0.15) is 0 Å². The van der Waals surface area contributed by atoms with Gasteiger partial charge < -0.3 is 14.6 Å². The van der Waals surface area contributed by atoms with Gasteiger partial charge in [-0.15, -0.1) is 0 Å². The molecule has 92 valence electrons. The van der Waals surface area contributed by atoms with Crippen LogP contribution in [0, 0.1) is 10.1 Å². The smallest absolute Gasteiger partial charge is 0.395 e. The molecule has 2 rings (SSSR count). The van der Waals surface area contributed by atoms with Gasteiger partial charge in [-0.05, 0) is 13.0 Å². The van der Waals surface area contributed by atoms with Crippen LogP contribution in [0.5, 0.6) is 0 Å². The number of nitrogens with one attached hydrogen (secondary N) is 1. The quantitative estimate of drug-likeness (QED) is 0.603. The molecular formula is C10H13N3O4. The van der Waals surface area contributed by atoms with Crippen molar-refractivity contribution in [2.45, 2.75) is 13.0 Å². The summed E-state index contributed by atoms with van der Waals surface area (Å²) in [6, 6.07) is 2.59. The molecule has 1 atom stereocenters. The maximum atomic E-state index is 12.0. The van der Waals surface area contributed by atoms with Gasteiger partial charge in [-0.25, -0.2) is 0 Å². The monoisotopic (exact) mass is 239 g/mol. The number of rotatable bonds is 2. The Morgan fingerprint density at radius 2 is 2.41 bits per heavy atom. The summed E-state index contributed by atoms with van der Waals surface area (Å²) in [6.45, 7) is 3.93. The highest BCUT2D eigenvalue weighted by Gasteiger charge is 2.27. The minimum atomic E-state index is -0.655. The van der Waals surface area contributed by atoms with Crippen molar-refractivity contribution in [2.75, 3.05) is 19.6 Å². The molecule has 0 aliphatic carbocycles. The van der Waals surface area contributed by atoms with Gasteiger partial charge >= 0.3 is 5.88 Å². The number of amides is 1. The van der Waals surface area contributed by atoms with Crippen molar-refractivity contribution in [1.29, 1.82) is 0 Å². The summed E-state index contributed by atoms with van der Waals surface area (Å²) in [4.78, 5) is 23.5. The van der Waals surface area contributed by atoms with Gasteiger partial charge in [0.2, 0.25) is 0 Å². The molecule has 0 saturated carbocycles. The molecule has 1 aromatic rings. The van der Waals surface area contributed by atoms with Crippen molar-refractivity contribution in [3.05, 3.63) is 28.0 Å². The molecule has 1 unspecified atom stereocenters. The van der Waals surface area contributed by atoms with E-state index in [-0.39, 0.29) is 17.7 Å². The minimum absolute atomic E-state index is 0.0189. The fraction of sp³-hybridized carbons (Fsp3) is 0.500. The highest BCUT2D eigenvalue weighted by molar-refractivity contribution is 5.92. The first-order chi connectivity index (χ1) is 8.09. The Morgan fingerprint density at radius 1 is 1.65 bits per heavy atom. The Balaban J connectivity index is 2.15. The second kappa shape index (κ2) is 4.54. The highest BCUT2D eigenvalue weighted by atomic mass is 16.6. The molecule has 0 bridgehead atoms. The molecule has 0 aromatic carbocycles. The van der Waals surface area contributed by atoms with Crippen molar-refractivity contribution >= 4 is 11.8 Å². The SMILES string of the molecule is CC1CNCCN1C(=O)c1ccc([N+](=O)[O-])o1. The zero-order chi connectivity index (χ0) is 12.4. The molecule has 1 aromatic heterocycles. The largest absolute Gasteiger partial charge is 0.433 e. The molecule has 17 heavy (non-hydrogen) atoms. The highest BCUT2D eigenvalue weighted by Crippen LogP contribution is 2.18. The van der Waals surface area contributed by atoms with Crippen LogP contribution in [0.15, 0.2) is 16.5 Å². The zero-order valence-corrected chi connectivity index (χ0v) is 9.38. The number of carbonyl (C=O) groups is 1. The van der Waals surface area contributed by atoms with Gasteiger partial charge in [0.25, 0.3) is 5.91 Å². The summed E-state index contributed by atoms with van der Waals surface area (Å²) >= 11 is 0. The van der Waals surface area contributed by atoms with E-state index in [1.165, 1.54) is 12.1 Å². The summed E-state index contributed by atoms with van der Waals surface area (Å²) in [5.74, 6) is -0.686. The first-order valence-electron chi connectivity index (χ1n) is 5.35. The van der Waals surface area contributed by atoms with Crippen LogP contribution in [-0.4, -0.2) is 41.4 Å². The third kappa shape index (κ3) is 2.28. The van der Waals surface area contributed by atoms with Crippen LogP contribution in [-0.2, 0) is 0 Å². The predicted octanol–water partition coefficient (Wildman–Crippen LogP) is 0.622. The van der Waals surface area contributed by atoms with Gasteiger partial charge in [-0.1, -0.05) is 0 Å². The fourth-order valence-electron chi connectivity index (χ4n) is 1.83. The van der Waals surface area contributed by atoms with E-state index in [2.05, 4.69) is 5.32 Å². The van der Waals surface area contributed by atoms with E-state index in [9.17, 15) is 14.9 Å². The summed E-state index contributed by atoms with van der Waals surface area (Å²) < 4.78 is 4.90. The number of piperazine rings is 1. The molecule has 2 heterocycles. The van der Waals surface area contributed by atoms with Crippen molar-refractivity contribution in [3.63, 3.8) is 0 Å². The number of hydrogen-bond donors (Lipinski definition) is 1. The van der Waals surface area contributed by atoms with Crippen LogP contribution < -0.4 is 5.32 Å². The molecule has 0 spiro atoms. The summed E-state index contributed by atoms with van der Waals surface area (Å²) in [5, 5.41) is 13.6. The molecular weight excluding hydrogens is 226 g/mol. The summed E-state index contributed by atoms with van der Waals surface area (Å²) in [7, 11) is 0. The van der Waals surface area contributed by atoms with E-state index in [1.54, 1.807) is 4.90 Å². The molecule has 1 aliphatic heterocycles. The lowest BCUT2D eigenvalue weighted by atomic mass is 10.2. The molecule has 1 amide bonds. The van der Waals surface area contributed by atoms with E-state index in [0.717, 1.165) is 6.54 Å². The molecule has 0 radical (unpaired) electrons. The zero-order valence-electron chi connectivity index (χ0n) is 9.38. The van der Waals surface area contributed by atoms with Gasteiger partial charge in [0, 0.05) is 25.7 Å². The van der Waals surface area contributed by atoms with Crippen LogP contribution in [0.3, 0.4) is 0 Å². The van der Waals surface area contributed by atoms with Gasteiger partial charge in [0.05, 0.1) is 6.07 Å². The first-order valence-corrected chi connectivity index (χ1v) is 5.35. The average molecular weight is 239 g/mol. The van der Waals surface area contributed by atoms with E-state index < -0.39 is 10.8 Å². The molecule has 7 heteroatoms. The van der Waals surface area contributed by atoms with Crippen LogP contribution in [0.4, 0.5) is 5.88 Å². The van der Waals surface area contributed by atoms with Crippen LogP contribution in [0.2, 0.25) is 0 Å². The van der Waals surface area contributed by atoms with Crippen molar-refractivity contribution in [1.82, 2.24) is 10.2 Å². The standard InChI is InChI=1S/C10H13N3O4/c1-7-6-11-4-5-12(7)10(14)8-2-3-9(17-8)13(15)16/h2-3,7,11H,4-6H2,1H3. The van der Waals surface area contributed by atoms with Crippen LogP contribution in [0.25, 0.3) is 0 Å². The second-order valence-corrected chi connectivity index (χ2v) is 3.95. The maximum Gasteiger partial charge on any atom is 0.433 e. The molecule has 1 saturated heterocycles. The topological polar surface area (TPSA) is 88.6 Å². The van der Waals surface area contributed by atoms with Gasteiger partial charge in [-0.3, -0.25) is 14.9 Å². The van der Waals surface area contributed by atoms with E-state index in [4.69, 9.17) is 4.42 Å². The lowest BCUT2D eigenvalue weighted by molar-refractivity contribution is -0.402. The third-order valence-corrected chi connectivity index (χ3v) is 2.74. The van der Waals surface area contributed by atoms with Crippen LogP contribution in [0.1, 0.15) is 17.5 Å². The van der Waals surface area contributed by atoms with Crippen LogP contribution >= 0.6 is 0 Å². The second-order valence-electron chi connectivity index (χ2n) is 3.95. The van der Waals surface area contributed by atoms with Crippen molar-refractivity contribution in [3.8, 4) is 0 Å². The van der Waals surface area contributed by atoms with E-state index in [1.807, 2.05) is 6.92 Å². The van der Waals surface area contributed by atoms with Gasteiger partial charge in [0.1, 0.15) is 4.92 Å². The number of nitro groups is 1. The number of hydrogen-bond acceptors (Lipinski definition) is 5. The Morgan fingerprint density at radius 3 is 3.00 bits per heavy atom. The third-order valence-electron chi connectivity index (χ3n) is 2.74. The predicted molar refractivity (Wildman–Crippen MR) is 58.7 cm³/mol. The average Bonchev–Trinajstić information content (AvgIpc) is 2.78. The molecule has 1 fully saturated rings. The fourth-order valence-corrected chi connectivity index (χ4v) is 1.83. The van der Waals surface area contributed by atoms with E-state index in [0.29, 0.717) is 13.1 Å². The van der Waals surface area contributed by atoms with Crippen molar-refractivity contribution in [2.24, 2.45) is 0 Å². The van der Waals surface area contributed by atoms with Crippen molar-refractivity contribution < 1.29 is 14.1 Å². The van der Waals surface area contributed by atoms with Gasteiger partial charge in [0.15, 0.2) is 5.76 Å². The number of carbonyl (C=O) groups excluding carboxylic acids is 1. The summed E-state index contributed by atoms with van der Waals surface area (Å²) in [6.07, 6.45) is 0. The minimum Gasteiger partial charge on any atom is -0.395 e. The maximum absolute atomic E-state index is 12.0. The lowest BCUT2D eigenvalue weighted by Crippen LogP contribution is -2.52. The number of nitrogens with zero attached hydrogens (tertiary/aromatic N) is 2. The molecule has 7 nitrogen and oxygen atoms in total. The Hall–Kier alpha value is -1.89. The van der Waals surface area contributed by atoms with E-state index >= 15 is 0 Å². The Kier molecular flexibility index (Phi) is 3.10.